The molecule has 0 bridgehead atoms. The van der Waals surface area contributed by atoms with Gasteiger partial charge < -0.3 is 5.32 Å². The maximum Gasteiger partial charge on any atom is 0.220 e. The molecule has 1 aliphatic heterocycles. The summed E-state index contributed by atoms with van der Waals surface area (Å²) < 4.78 is 0. The predicted molar refractivity (Wildman–Crippen MR) is 90.7 cm³/mol. The minimum Gasteiger partial charge on any atom is -0.356 e. The smallest absolute Gasteiger partial charge is 0.220 e. The van der Waals surface area contributed by atoms with Crippen molar-refractivity contribution in [2.75, 3.05) is 11.9 Å². The highest BCUT2D eigenvalue weighted by Gasteiger charge is 2.23. The first-order chi connectivity index (χ1) is 10.2. The lowest BCUT2D eigenvalue weighted by Crippen LogP contribution is -2.24. The van der Waals surface area contributed by atoms with Crippen LogP contribution in [0.1, 0.15) is 77.0 Å². The first kappa shape index (κ1) is 18.7. The summed E-state index contributed by atoms with van der Waals surface area (Å²) in [6, 6.07) is 0. The fraction of sp³-hybridized carbons (Fsp3) is 0.882. The van der Waals surface area contributed by atoms with Gasteiger partial charge in [-0.1, -0.05) is 54.5 Å². The van der Waals surface area contributed by atoms with Crippen LogP contribution in [0.2, 0.25) is 0 Å². The lowest BCUT2D eigenvalue weighted by Gasteiger charge is -2.11. The summed E-state index contributed by atoms with van der Waals surface area (Å²) in [6.45, 7) is 0.734. The van der Waals surface area contributed by atoms with E-state index in [1.165, 1.54) is 38.5 Å². The third-order valence-electron chi connectivity index (χ3n) is 4.25. The molecule has 4 heteroatoms. The van der Waals surface area contributed by atoms with Crippen LogP contribution in [-0.2, 0) is 9.59 Å². The monoisotopic (exact) mass is 359 g/mol. The molecule has 1 rings (SSSR count). The lowest BCUT2D eigenvalue weighted by atomic mass is 9.92. The van der Waals surface area contributed by atoms with Gasteiger partial charge in [-0.15, -0.1) is 0 Å². The van der Waals surface area contributed by atoms with Crippen LogP contribution < -0.4 is 5.32 Å². The summed E-state index contributed by atoms with van der Waals surface area (Å²) in [7, 11) is 0. The normalized spacial score (nSPS) is 19.1. The van der Waals surface area contributed by atoms with Gasteiger partial charge in [0.1, 0.15) is 5.78 Å². The zero-order valence-electron chi connectivity index (χ0n) is 13.2. The van der Waals surface area contributed by atoms with Gasteiger partial charge in [0.2, 0.25) is 5.91 Å². The minimum atomic E-state index is -0.0169. The second kappa shape index (κ2) is 12.2. The van der Waals surface area contributed by atoms with Crippen molar-refractivity contribution in [2.45, 2.75) is 77.0 Å². The molecule has 1 atom stereocenters. The maximum atomic E-state index is 12.1. The molecule has 0 aromatic rings. The zero-order chi connectivity index (χ0) is 15.3. The molecular weight excluding hydrogens is 330 g/mol. The van der Waals surface area contributed by atoms with E-state index in [1.54, 1.807) is 0 Å². The van der Waals surface area contributed by atoms with Gasteiger partial charge in [0, 0.05) is 30.6 Å². The Morgan fingerprint density at radius 3 is 2.33 bits per heavy atom. The Bertz CT molecular complexity index is 307. The highest BCUT2D eigenvalue weighted by Crippen LogP contribution is 2.19. The van der Waals surface area contributed by atoms with E-state index in [4.69, 9.17) is 0 Å². The molecule has 1 N–H and O–H groups in total. The Morgan fingerprint density at radius 1 is 1.05 bits per heavy atom. The SMILES string of the molecule is O=C1C[C@@H](C(=O)CCCCCCCCCCBr)CCCN1. The molecule has 0 spiro atoms. The third kappa shape index (κ3) is 9.28. The number of carbonyl (C=O) groups excluding carboxylic acids is 2. The van der Waals surface area contributed by atoms with E-state index in [1.807, 2.05) is 0 Å². The average Bonchev–Trinajstić information content (AvgIpc) is 2.70. The number of amides is 1. The van der Waals surface area contributed by atoms with Crippen molar-refractivity contribution in [1.82, 2.24) is 5.32 Å². The van der Waals surface area contributed by atoms with Crippen molar-refractivity contribution >= 4 is 27.6 Å². The summed E-state index contributed by atoms with van der Waals surface area (Å²) in [5, 5.41) is 3.96. The van der Waals surface area contributed by atoms with Crippen molar-refractivity contribution in [1.29, 1.82) is 0 Å². The fourth-order valence-corrected chi connectivity index (χ4v) is 3.30. The molecule has 0 radical (unpaired) electrons. The number of ketones is 1. The molecule has 0 unspecified atom stereocenters. The van der Waals surface area contributed by atoms with E-state index in [0.29, 0.717) is 18.6 Å². The summed E-state index contributed by atoms with van der Waals surface area (Å²) in [5.74, 6) is 0.343. The largest absolute Gasteiger partial charge is 0.356 e. The number of halogens is 1. The van der Waals surface area contributed by atoms with Crippen molar-refractivity contribution in [2.24, 2.45) is 5.92 Å². The van der Waals surface area contributed by atoms with E-state index in [2.05, 4.69) is 21.2 Å². The van der Waals surface area contributed by atoms with E-state index in [9.17, 15) is 9.59 Å². The molecule has 1 saturated heterocycles. The van der Waals surface area contributed by atoms with Gasteiger partial charge in [0.15, 0.2) is 0 Å². The molecule has 1 heterocycles. The van der Waals surface area contributed by atoms with Crippen LogP contribution in [0.15, 0.2) is 0 Å². The number of nitrogens with one attached hydrogen (secondary N) is 1. The van der Waals surface area contributed by atoms with Crippen LogP contribution in [-0.4, -0.2) is 23.6 Å². The third-order valence-corrected chi connectivity index (χ3v) is 4.81. The van der Waals surface area contributed by atoms with E-state index >= 15 is 0 Å². The van der Waals surface area contributed by atoms with Gasteiger partial charge in [-0.05, 0) is 25.7 Å². The van der Waals surface area contributed by atoms with Gasteiger partial charge in [-0.25, -0.2) is 0 Å². The number of alkyl halides is 1. The topological polar surface area (TPSA) is 46.2 Å². The standard InChI is InChI=1S/C17H30BrNO2/c18-12-8-6-4-2-1-3-5-7-11-16(20)15-10-9-13-19-17(21)14-15/h15H,1-14H2,(H,19,21)/t15-/m0/s1. The fourth-order valence-electron chi connectivity index (χ4n) is 2.91. The number of carbonyl (C=O) groups is 2. The second-order valence-electron chi connectivity index (χ2n) is 6.13. The van der Waals surface area contributed by atoms with Crippen LogP contribution >= 0.6 is 15.9 Å². The molecule has 122 valence electrons. The number of rotatable bonds is 11. The van der Waals surface area contributed by atoms with E-state index < -0.39 is 0 Å². The molecular formula is C17H30BrNO2. The maximum absolute atomic E-state index is 12.1. The Kier molecular flexibility index (Phi) is 10.8. The Morgan fingerprint density at radius 2 is 1.67 bits per heavy atom. The molecule has 21 heavy (non-hydrogen) atoms. The minimum absolute atomic E-state index is 0.0169. The Labute approximate surface area is 137 Å². The molecule has 3 nitrogen and oxygen atoms in total. The first-order valence-electron chi connectivity index (χ1n) is 8.59. The summed E-state index contributed by atoms with van der Waals surface area (Å²) in [6.07, 6.45) is 12.9. The molecule has 0 aromatic heterocycles. The summed E-state index contributed by atoms with van der Waals surface area (Å²) >= 11 is 3.45. The molecule has 0 aliphatic carbocycles. The van der Waals surface area contributed by atoms with Gasteiger partial charge in [-0.3, -0.25) is 9.59 Å². The van der Waals surface area contributed by atoms with Gasteiger partial charge >= 0.3 is 0 Å². The molecule has 1 aliphatic rings. The summed E-state index contributed by atoms with van der Waals surface area (Å²) in [4.78, 5) is 23.6. The highest BCUT2D eigenvalue weighted by atomic mass is 79.9. The van der Waals surface area contributed by atoms with Gasteiger partial charge in [0.05, 0.1) is 0 Å². The van der Waals surface area contributed by atoms with E-state index in [-0.39, 0.29) is 11.8 Å². The number of unbranched alkanes of at least 4 members (excludes halogenated alkanes) is 7. The Balaban J connectivity index is 1.99. The number of hydrogen-bond donors (Lipinski definition) is 1. The van der Waals surface area contributed by atoms with E-state index in [0.717, 1.165) is 37.6 Å². The van der Waals surface area contributed by atoms with Crippen LogP contribution in [0.5, 0.6) is 0 Å². The first-order valence-corrected chi connectivity index (χ1v) is 9.71. The van der Waals surface area contributed by atoms with Crippen LogP contribution in [0, 0.1) is 5.92 Å². The Hall–Kier alpha value is -0.380. The molecule has 0 saturated carbocycles. The lowest BCUT2D eigenvalue weighted by molar-refractivity contribution is -0.128. The average molecular weight is 360 g/mol. The van der Waals surface area contributed by atoms with Crippen LogP contribution in [0.25, 0.3) is 0 Å². The van der Waals surface area contributed by atoms with Crippen molar-refractivity contribution in [3.8, 4) is 0 Å². The number of Topliss-reactive ketones (excluding diaryl/α,β-unsaturated/α-hetero) is 1. The highest BCUT2D eigenvalue weighted by molar-refractivity contribution is 9.09. The van der Waals surface area contributed by atoms with Crippen LogP contribution in [0.3, 0.4) is 0 Å². The molecule has 1 fully saturated rings. The number of hydrogen-bond acceptors (Lipinski definition) is 2. The predicted octanol–water partition coefficient (Wildman–Crippen LogP) is 4.38. The van der Waals surface area contributed by atoms with Gasteiger partial charge in [-0.2, -0.15) is 0 Å². The van der Waals surface area contributed by atoms with Crippen LogP contribution in [0.4, 0.5) is 0 Å². The van der Waals surface area contributed by atoms with Crippen molar-refractivity contribution < 1.29 is 9.59 Å². The van der Waals surface area contributed by atoms with Crippen molar-refractivity contribution in [3.63, 3.8) is 0 Å². The zero-order valence-corrected chi connectivity index (χ0v) is 14.8. The van der Waals surface area contributed by atoms with Gasteiger partial charge in [0.25, 0.3) is 0 Å². The van der Waals surface area contributed by atoms with Crippen molar-refractivity contribution in [3.05, 3.63) is 0 Å². The molecule has 0 aromatic carbocycles. The summed E-state index contributed by atoms with van der Waals surface area (Å²) in [5.41, 5.74) is 0. The quantitative estimate of drug-likeness (QED) is 0.439. The molecule has 1 amide bonds. The second-order valence-corrected chi connectivity index (χ2v) is 6.92.